The number of nitrogens with zero attached hydrogens (tertiary/aromatic N) is 2. The number of rotatable bonds is 14. The molecule has 0 saturated carbocycles. The summed E-state index contributed by atoms with van der Waals surface area (Å²) >= 11 is 19.1. The monoisotopic (exact) mass is 651 g/mol. The number of carbonyl (C=O) groups is 2. The van der Waals surface area contributed by atoms with E-state index in [1.165, 1.54) is 9.21 Å². The smallest absolute Gasteiger partial charge is 0.243 e. The number of anilines is 1. The molecule has 0 aliphatic carbocycles. The molecule has 0 spiro atoms. The van der Waals surface area contributed by atoms with E-state index >= 15 is 0 Å². The van der Waals surface area contributed by atoms with Crippen LogP contribution < -0.4 is 9.62 Å². The number of hydrogen-bond donors (Lipinski definition) is 1. The Bertz CT molecular complexity index is 1450. The van der Waals surface area contributed by atoms with Crippen molar-refractivity contribution in [2.75, 3.05) is 23.7 Å². The second-order valence-electron chi connectivity index (χ2n) is 10.5. The number of benzene rings is 3. The summed E-state index contributed by atoms with van der Waals surface area (Å²) in [6, 6.07) is 20.2. The molecule has 42 heavy (non-hydrogen) atoms. The molecule has 0 saturated heterocycles. The molecule has 2 amide bonds. The van der Waals surface area contributed by atoms with Crippen LogP contribution in [0.1, 0.15) is 37.8 Å². The molecule has 0 unspecified atom stereocenters. The van der Waals surface area contributed by atoms with Crippen molar-refractivity contribution in [1.29, 1.82) is 0 Å². The summed E-state index contributed by atoms with van der Waals surface area (Å²) in [6.07, 6.45) is 1.57. The SMILES string of the molecule is CC(C)CNC(=O)[C@H](Cc1ccccc1)N(Cc1c(Cl)cccc1Cl)C(=O)CCCN(c1cccc(Cl)c1)S(C)(=O)=O. The number of sulfonamides is 1. The molecule has 3 aromatic carbocycles. The highest BCUT2D eigenvalue weighted by Crippen LogP contribution is 2.28. The Labute approximate surface area is 263 Å². The number of amides is 2. The van der Waals surface area contributed by atoms with Crippen molar-refractivity contribution in [3.63, 3.8) is 0 Å². The topological polar surface area (TPSA) is 86.8 Å². The first-order valence-corrected chi connectivity index (χ1v) is 16.6. The normalized spacial score (nSPS) is 12.2. The zero-order valence-corrected chi connectivity index (χ0v) is 27.0. The van der Waals surface area contributed by atoms with Crippen LogP contribution in [-0.4, -0.2) is 50.5 Å². The molecule has 1 N–H and O–H groups in total. The summed E-state index contributed by atoms with van der Waals surface area (Å²) in [5, 5.41) is 4.13. The van der Waals surface area contributed by atoms with Crippen molar-refractivity contribution in [2.45, 2.75) is 45.7 Å². The Morgan fingerprint density at radius 3 is 2.14 bits per heavy atom. The van der Waals surface area contributed by atoms with Gasteiger partial charge in [-0.2, -0.15) is 0 Å². The van der Waals surface area contributed by atoms with Crippen molar-refractivity contribution in [2.24, 2.45) is 5.92 Å². The Kier molecular flexibility index (Phi) is 12.5. The van der Waals surface area contributed by atoms with Gasteiger partial charge in [0.1, 0.15) is 6.04 Å². The van der Waals surface area contributed by atoms with Crippen LogP contribution in [0.2, 0.25) is 15.1 Å². The summed E-state index contributed by atoms with van der Waals surface area (Å²) < 4.78 is 26.4. The van der Waals surface area contributed by atoms with Crippen molar-refractivity contribution >= 4 is 62.3 Å². The van der Waals surface area contributed by atoms with Gasteiger partial charge in [-0.1, -0.05) is 91.1 Å². The van der Waals surface area contributed by atoms with Crippen LogP contribution >= 0.6 is 34.8 Å². The lowest BCUT2D eigenvalue weighted by Gasteiger charge is -2.32. The Morgan fingerprint density at radius 1 is 0.905 bits per heavy atom. The van der Waals surface area contributed by atoms with Gasteiger partial charge in [-0.25, -0.2) is 8.42 Å². The fourth-order valence-corrected chi connectivity index (χ4v) is 6.12. The zero-order chi connectivity index (χ0) is 30.9. The third kappa shape index (κ3) is 9.90. The lowest BCUT2D eigenvalue weighted by atomic mass is 10.0. The summed E-state index contributed by atoms with van der Waals surface area (Å²) in [5.41, 5.74) is 1.82. The first-order chi connectivity index (χ1) is 19.9. The third-order valence-corrected chi connectivity index (χ3v) is 8.73. The van der Waals surface area contributed by atoms with Gasteiger partial charge < -0.3 is 10.2 Å². The molecule has 0 bridgehead atoms. The van der Waals surface area contributed by atoms with E-state index in [1.54, 1.807) is 42.5 Å². The van der Waals surface area contributed by atoms with Gasteiger partial charge in [0, 0.05) is 53.1 Å². The number of halogens is 3. The van der Waals surface area contributed by atoms with Crippen LogP contribution in [0, 0.1) is 5.92 Å². The van der Waals surface area contributed by atoms with Gasteiger partial charge in [-0.15, -0.1) is 0 Å². The molecular weight excluding hydrogens is 617 g/mol. The molecular formula is C31H36Cl3N3O4S. The molecule has 0 aliphatic heterocycles. The average molecular weight is 653 g/mol. The number of nitrogens with one attached hydrogen (secondary N) is 1. The summed E-state index contributed by atoms with van der Waals surface area (Å²) in [7, 11) is -3.65. The Hall–Kier alpha value is -2.78. The fraction of sp³-hybridized carbons (Fsp3) is 0.355. The average Bonchev–Trinajstić information content (AvgIpc) is 2.92. The fourth-order valence-electron chi connectivity index (χ4n) is 4.47. The lowest BCUT2D eigenvalue weighted by Crippen LogP contribution is -2.51. The minimum atomic E-state index is -3.65. The predicted octanol–water partition coefficient (Wildman–Crippen LogP) is 6.61. The third-order valence-electron chi connectivity index (χ3n) is 6.59. The van der Waals surface area contributed by atoms with Crippen molar-refractivity contribution in [1.82, 2.24) is 10.2 Å². The maximum atomic E-state index is 13.9. The molecule has 0 fully saturated rings. The molecule has 7 nitrogen and oxygen atoms in total. The molecule has 3 aromatic rings. The highest BCUT2D eigenvalue weighted by Gasteiger charge is 2.31. The van der Waals surface area contributed by atoms with Gasteiger partial charge in [0.05, 0.1) is 11.9 Å². The van der Waals surface area contributed by atoms with E-state index in [9.17, 15) is 18.0 Å². The van der Waals surface area contributed by atoms with Crippen LogP contribution in [0.4, 0.5) is 5.69 Å². The molecule has 226 valence electrons. The maximum absolute atomic E-state index is 13.9. The summed E-state index contributed by atoms with van der Waals surface area (Å²) in [6.45, 7) is 4.49. The first-order valence-electron chi connectivity index (χ1n) is 13.6. The van der Waals surface area contributed by atoms with Gasteiger partial charge >= 0.3 is 0 Å². The standard InChI is InChI=1S/C31H36Cl3N3O4S/c1-22(2)20-35-31(39)29(18-23-10-5-4-6-11-23)36(21-26-27(33)14-8-15-28(26)34)30(38)16-9-17-37(42(3,40)41)25-13-7-12-24(32)19-25/h4-8,10-15,19,22,29H,9,16-18,20-21H2,1-3H3,(H,35,39)/t29-/m0/s1. The van der Waals surface area contributed by atoms with Crippen LogP contribution in [0.15, 0.2) is 72.8 Å². The van der Waals surface area contributed by atoms with Gasteiger partial charge in [0.15, 0.2) is 0 Å². The minimum absolute atomic E-state index is 0.00796. The van der Waals surface area contributed by atoms with Gasteiger partial charge in [0.2, 0.25) is 21.8 Å². The van der Waals surface area contributed by atoms with Gasteiger partial charge in [-0.3, -0.25) is 13.9 Å². The summed E-state index contributed by atoms with van der Waals surface area (Å²) in [4.78, 5) is 29.1. The molecule has 1 atom stereocenters. The zero-order valence-electron chi connectivity index (χ0n) is 23.9. The number of hydrogen-bond acceptors (Lipinski definition) is 4. The molecule has 0 radical (unpaired) electrons. The summed E-state index contributed by atoms with van der Waals surface area (Å²) in [5.74, 6) is -0.408. The van der Waals surface area contributed by atoms with Crippen LogP contribution in [0.25, 0.3) is 0 Å². The molecule has 0 heterocycles. The Balaban J connectivity index is 1.92. The molecule has 0 aromatic heterocycles. The van der Waals surface area contributed by atoms with E-state index in [-0.39, 0.29) is 50.1 Å². The Morgan fingerprint density at radius 2 is 1.55 bits per heavy atom. The molecule has 11 heteroatoms. The van der Waals surface area contributed by atoms with Gasteiger partial charge in [0.25, 0.3) is 0 Å². The number of carbonyl (C=O) groups excluding carboxylic acids is 2. The highest BCUT2D eigenvalue weighted by molar-refractivity contribution is 7.92. The quantitative estimate of drug-likeness (QED) is 0.213. The molecule has 3 rings (SSSR count). The van der Waals surface area contributed by atoms with Gasteiger partial charge in [-0.05, 0) is 48.2 Å². The first kappa shape index (κ1) is 33.7. The lowest BCUT2D eigenvalue weighted by molar-refractivity contribution is -0.141. The van der Waals surface area contributed by atoms with Crippen LogP contribution in [-0.2, 0) is 32.6 Å². The van der Waals surface area contributed by atoms with E-state index in [4.69, 9.17) is 34.8 Å². The van der Waals surface area contributed by atoms with Crippen molar-refractivity contribution in [3.8, 4) is 0 Å². The predicted molar refractivity (Wildman–Crippen MR) is 172 cm³/mol. The molecule has 0 aliphatic rings. The largest absolute Gasteiger partial charge is 0.354 e. The van der Waals surface area contributed by atoms with Crippen LogP contribution in [0.3, 0.4) is 0 Å². The minimum Gasteiger partial charge on any atom is -0.354 e. The van der Waals surface area contributed by atoms with Crippen molar-refractivity contribution in [3.05, 3.63) is 99.0 Å². The van der Waals surface area contributed by atoms with Crippen molar-refractivity contribution < 1.29 is 18.0 Å². The van der Waals surface area contributed by atoms with E-state index in [0.717, 1.165) is 11.8 Å². The van der Waals surface area contributed by atoms with E-state index < -0.39 is 16.1 Å². The van der Waals surface area contributed by atoms with E-state index in [2.05, 4.69) is 5.32 Å². The second-order valence-corrected chi connectivity index (χ2v) is 13.6. The second kappa shape index (κ2) is 15.6. The van der Waals surface area contributed by atoms with E-state index in [0.29, 0.717) is 32.9 Å². The van der Waals surface area contributed by atoms with Crippen LogP contribution in [0.5, 0.6) is 0 Å². The van der Waals surface area contributed by atoms with E-state index in [1.807, 2.05) is 44.2 Å². The highest BCUT2D eigenvalue weighted by atomic mass is 35.5. The maximum Gasteiger partial charge on any atom is 0.243 e.